The predicted molar refractivity (Wildman–Crippen MR) is 77.5 cm³/mol. The zero-order chi connectivity index (χ0) is 14.0. The van der Waals surface area contributed by atoms with Gasteiger partial charge in [-0.2, -0.15) is 0 Å². The van der Waals surface area contributed by atoms with Crippen molar-refractivity contribution >= 4 is 0 Å². The average molecular weight is 263 g/mol. The Kier molecular flexibility index (Phi) is 4.16. The van der Waals surface area contributed by atoms with Gasteiger partial charge in [0, 0.05) is 18.7 Å². The molecule has 1 saturated heterocycles. The van der Waals surface area contributed by atoms with Gasteiger partial charge in [-0.3, -0.25) is 4.90 Å². The molecule has 3 nitrogen and oxygen atoms in total. The fourth-order valence-corrected chi connectivity index (χ4v) is 2.84. The van der Waals surface area contributed by atoms with Crippen LogP contribution in [0, 0.1) is 12.3 Å². The summed E-state index contributed by atoms with van der Waals surface area (Å²) in [6.45, 7) is 9.41. The number of ether oxygens (including phenoxy) is 1. The zero-order valence-corrected chi connectivity index (χ0v) is 12.4. The lowest BCUT2D eigenvalue weighted by atomic mass is 9.93. The number of aliphatic hydroxyl groups excluding tert-OH is 1. The van der Waals surface area contributed by atoms with Crippen LogP contribution in [0.3, 0.4) is 0 Å². The number of aliphatic hydroxyl groups is 1. The molecule has 1 aliphatic rings. The minimum Gasteiger partial charge on any atom is -0.496 e. The van der Waals surface area contributed by atoms with E-state index < -0.39 is 6.10 Å². The molecular formula is C16H25NO2. The van der Waals surface area contributed by atoms with E-state index in [2.05, 4.69) is 18.7 Å². The molecule has 1 heterocycles. The molecule has 3 heteroatoms. The smallest absolute Gasteiger partial charge is 0.124 e. The highest BCUT2D eigenvalue weighted by Gasteiger charge is 2.30. The Morgan fingerprint density at radius 2 is 2.16 bits per heavy atom. The summed E-state index contributed by atoms with van der Waals surface area (Å²) in [6, 6.07) is 5.96. The quantitative estimate of drug-likeness (QED) is 0.906. The molecule has 1 aliphatic heterocycles. The van der Waals surface area contributed by atoms with Gasteiger partial charge in [-0.25, -0.2) is 0 Å². The Morgan fingerprint density at radius 1 is 1.42 bits per heavy atom. The first-order chi connectivity index (χ1) is 8.91. The molecule has 1 unspecified atom stereocenters. The van der Waals surface area contributed by atoms with Crippen molar-refractivity contribution in [1.29, 1.82) is 0 Å². The Balaban J connectivity index is 2.08. The van der Waals surface area contributed by atoms with Crippen LogP contribution in [0.1, 0.15) is 37.5 Å². The van der Waals surface area contributed by atoms with E-state index in [0.717, 1.165) is 30.0 Å². The molecule has 19 heavy (non-hydrogen) atoms. The molecule has 1 aromatic carbocycles. The van der Waals surface area contributed by atoms with Gasteiger partial charge in [0.15, 0.2) is 0 Å². The van der Waals surface area contributed by atoms with E-state index in [1.807, 2.05) is 25.1 Å². The topological polar surface area (TPSA) is 32.7 Å². The SMILES string of the molecule is COc1ccc(C)cc1C(O)CN1CCC(C)(C)C1. The number of benzene rings is 1. The lowest BCUT2D eigenvalue weighted by Gasteiger charge is -2.23. The summed E-state index contributed by atoms with van der Waals surface area (Å²) in [5.41, 5.74) is 2.42. The van der Waals surface area contributed by atoms with Crippen LogP contribution in [0.5, 0.6) is 5.75 Å². The minimum atomic E-state index is -0.483. The molecule has 0 bridgehead atoms. The third-order valence-corrected chi connectivity index (χ3v) is 3.93. The van der Waals surface area contributed by atoms with E-state index in [9.17, 15) is 5.11 Å². The van der Waals surface area contributed by atoms with E-state index in [4.69, 9.17) is 4.74 Å². The second kappa shape index (κ2) is 5.51. The highest BCUT2D eigenvalue weighted by Crippen LogP contribution is 2.32. The van der Waals surface area contributed by atoms with E-state index in [1.165, 1.54) is 6.42 Å². The van der Waals surface area contributed by atoms with Crippen LogP contribution in [-0.2, 0) is 0 Å². The number of likely N-dealkylation sites (tertiary alicyclic amines) is 1. The first kappa shape index (κ1) is 14.4. The predicted octanol–water partition coefficient (Wildman–Crippen LogP) is 2.77. The van der Waals surface area contributed by atoms with Crippen molar-refractivity contribution in [3.63, 3.8) is 0 Å². The second-order valence-corrected chi connectivity index (χ2v) is 6.41. The van der Waals surface area contributed by atoms with Gasteiger partial charge in [-0.15, -0.1) is 0 Å². The summed E-state index contributed by atoms with van der Waals surface area (Å²) in [5, 5.41) is 10.5. The molecule has 106 valence electrons. The van der Waals surface area contributed by atoms with Crippen molar-refractivity contribution in [2.75, 3.05) is 26.7 Å². The van der Waals surface area contributed by atoms with E-state index >= 15 is 0 Å². The van der Waals surface area contributed by atoms with Crippen molar-refractivity contribution < 1.29 is 9.84 Å². The molecule has 1 aromatic rings. The largest absolute Gasteiger partial charge is 0.496 e. The van der Waals surface area contributed by atoms with Gasteiger partial charge < -0.3 is 9.84 Å². The molecule has 0 aliphatic carbocycles. The van der Waals surface area contributed by atoms with Gasteiger partial charge in [0.2, 0.25) is 0 Å². The van der Waals surface area contributed by atoms with Crippen LogP contribution in [0.25, 0.3) is 0 Å². The van der Waals surface area contributed by atoms with E-state index in [-0.39, 0.29) is 0 Å². The summed E-state index contributed by atoms with van der Waals surface area (Å²) in [4.78, 5) is 2.34. The Morgan fingerprint density at radius 3 is 2.74 bits per heavy atom. The lowest BCUT2D eigenvalue weighted by molar-refractivity contribution is 0.118. The molecule has 1 N–H and O–H groups in total. The maximum atomic E-state index is 10.5. The number of methoxy groups -OCH3 is 1. The van der Waals surface area contributed by atoms with Crippen molar-refractivity contribution in [1.82, 2.24) is 4.90 Å². The fraction of sp³-hybridized carbons (Fsp3) is 0.625. The maximum absolute atomic E-state index is 10.5. The number of nitrogens with zero attached hydrogens (tertiary/aromatic N) is 1. The molecular weight excluding hydrogens is 238 g/mol. The van der Waals surface area contributed by atoms with E-state index in [1.54, 1.807) is 7.11 Å². The maximum Gasteiger partial charge on any atom is 0.124 e. The molecule has 2 rings (SSSR count). The van der Waals surface area contributed by atoms with Gasteiger partial charge in [-0.1, -0.05) is 25.5 Å². The molecule has 0 aromatic heterocycles. The lowest BCUT2D eigenvalue weighted by Crippen LogP contribution is -2.28. The van der Waals surface area contributed by atoms with Gasteiger partial charge >= 0.3 is 0 Å². The molecule has 0 saturated carbocycles. The Labute approximate surface area is 116 Å². The van der Waals surface area contributed by atoms with Crippen molar-refractivity contribution in [2.45, 2.75) is 33.3 Å². The van der Waals surface area contributed by atoms with Crippen LogP contribution in [0.4, 0.5) is 0 Å². The van der Waals surface area contributed by atoms with Crippen molar-refractivity contribution in [3.05, 3.63) is 29.3 Å². The van der Waals surface area contributed by atoms with Crippen LogP contribution < -0.4 is 4.74 Å². The summed E-state index contributed by atoms with van der Waals surface area (Å²) >= 11 is 0. The average Bonchev–Trinajstić information content (AvgIpc) is 2.68. The van der Waals surface area contributed by atoms with Crippen LogP contribution in [0.15, 0.2) is 18.2 Å². The fourth-order valence-electron chi connectivity index (χ4n) is 2.84. The first-order valence-corrected chi connectivity index (χ1v) is 6.96. The molecule has 0 radical (unpaired) electrons. The molecule has 1 atom stereocenters. The Bertz CT molecular complexity index is 442. The van der Waals surface area contributed by atoms with Gasteiger partial charge in [0.05, 0.1) is 13.2 Å². The molecule has 0 spiro atoms. The van der Waals surface area contributed by atoms with Crippen LogP contribution in [-0.4, -0.2) is 36.8 Å². The Hall–Kier alpha value is -1.06. The first-order valence-electron chi connectivity index (χ1n) is 6.96. The standard InChI is InChI=1S/C16H25NO2/c1-12-5-6-15(19-4)13(9-12)14(18)10-17-8-7-16(2,3)11-17/h5-6,9,14,18H,7-8,10-11H2,1-4H3. The summed E-state index contributed by atoms with van der Waals surface area (Å²) in [6.07, 6.45) is 0.716. The molecule has 0 amide bonds. The van der Waals surface area contributed by atoms with Gasteiger partial charge in [-0.05, 0) is 37.4 Å². The number of β-amino-alcohol motifs (C(OH)–C–C–N with tert-alkyl or cyclic N) is 1. The van der Waals surface area contributed by atoms with Crippen LogP contribution >= 0.6 is 0 Å². The number of aryl methyl sites for hydroxylation is 1. The summed E-state index contributed by atoms with van der Waals surface area (Å²) in [7, 11) is 1.65. The normalized spacial score (nSPS) is 20.5. The number of hydrogen-bond donors (Lipinski definition) is 1. The number of rotatable bonds is 4. The summed E-state index contributed by atoms with van der Waals surface area (Å²) in [5.74, 6) is 0.775. The third-order valence-electron chi connectivity index (χ3n) is 3.93. The van der Waals surface area contributed by atoms with Crippen LogP contribution in [0.2, 0.25) is 0 Å². The number of hydrogen-bond acceptors (Lipinski definition) is 3. The second-order valence-electron chi connectivity index (χ2n) is 6.41. The highest BCUT2D eigenvalue weighted by molar-refractivity contribution is 5.38. The molecule has 1 fully saturated rings. The van der Waals surface area contributed by atoms with Gasteiger partial charge in [0.1, 0.15) is 5.75 Å². The minimum absolute atomic E-state index is 0.371. The van der Waals surface area contributed by atoms with Crippen molar-refractivity contribution in [2.24, 2.45) is 5.41 Å². The van der Waals surface area contributed by atoms with E-state index in [0.29, 0.717) is 12.0 Å². The summed E-state index contributed by atoms with van der Waals surface area (Å²) < 4.78 is 5.35. The third kappa shape index (κ3) is 3.48. The zero-order valence-electron chi connectivity index (χ0n) is 12.4. The monoisotopic (exact) mass is 263 g/mol. The highest BCUT2D eigenvalue weighted by atomic mass is 16.5. The van der Waals surface area contributed by atoms with Gasteiger partial charge in [0.25, 0.3) is 0 Å². The van der Waals surface area contributed by atoms with Crippen molar-refractivity contribution in [3.8, 4) is 5.75 Å².